The van der Waals surface area contributed by atoms with E-state index < -0.39 is 0 Å². The third-order valence-corrected chi connectivity index (χ3v) is 4.16. The highest BCUT2D eigenvalue weighted by Gasteiger charge is 2.29. The molecule has 1 heterocycles. The van der Waals surface area contributed by atoms with Gasteiger partial charge >= 0.3 is 0 Å². The first-order valence-electron chi connectivity index (χ1n) is 7.74. The van der Waals surface area contributed by atoms with Crippen LogP contribution in [-0.4, -0.2) is 36.0 Å². The Morgan fingerprint density at radius 1 is 1.43 bits per heavy atom. The molecule has 2 atom stereocenters. The summed E-state index contributed by atoms with van der Waals surface area (Å²) >= 11 is 0. The first kappa shape index (κ1) is 15.8. The summed E-state index contributed by atoms with van der Waals surface area (Å²) in [6.45, 7) is 6.90. The Morgan fingerprint density at radius 3 is 2.86 bits per heavy atom. The third-order valence-electron chi connectivity index (χ3n) is 4.16. The number of hydrogen-bond donors (Lipinski definition) is 1. The molecule has 21 heavy (non-hydrogen) atoms. The second kappa shape index (κ2) is 6.94. The Bertz CT molecular complexity index is 500. The molecule has 0 aliphatic carbocycles. The van der Waals surface area contributed by atoms with Gasteiger partial charge in [-0.3, -0.25) is 4.79 Å². The quantitative estimate of drug-likeness (QED) is 0.926. The summed E-state index contributed by atoms with van der Waals surface area (Å²) in [6, 6.07) is 6.14. The largest absolute Gasteiger partial charge is 0.484 e. The summed E-state index contributed by atoms with van der Waals surface area (Å²) in [5, 5.41) is 0. The van der Waals surface area contributed by atoms with Gasteiger partial charge in [-0.05, 0) is 51.7 Å². The summed E-state index contributed by atoms with van der Waals surface area (Å²) < 4.78 is 5.70. The van der Waals surface area contributed by atoms with Gasteiger partial charge in [-0.1, -0.05) is 17.7 Å². The van der Waals surface area contributed by atoms with Crippen LogP contribution in [0.2, 0.25) is 0 Å². The van der Waals surface area contributed by atoms with Crippen molar-refractivity contribution in [2.24, 2.45) is 5.73 Å². The molecule has 4 heteroatoms. The number of hydrogen-bond acceptors (Lipinski definition) is 3. The zero-order valence-electron chi connectivity index (χ0n) is 13.3. The van der Waals surface area contributed by atoms with E-state index in [0.29, 0.717) is 0 Å². The maximum absolute atomic E-state index is 12.4. The predicted molar refractivity (Wildman–Crippen MR) is 84.4 cm³/mol. The molecule has 2 rings (SSSR count). The molecule has 0 aromatic heterocycles. The number of carbonyl (C=O) groups excluding carboxylic acids is 1. The smallest absolute Gasteiger partial charge is 0.260 e. The van der Waals surface area contributed by atoms with Crippen LogP contribution in [0.3, 0.4) is 0 Å². The number of benzene rings is 1. The van der Waals surface area contributed by atoms with Crippen LogP contribution in [0.15, 0.2) is 18.2 Å². The van der Waals surface area contributed by atoms with Crippen molar-refractivity contribution < 1.29 is 9.53 Å². The van der Waals surface area contributed by atoms with Gasteiger partial charge in [0, 0.05) is 18.6 Å². The van der Waals surface area contributed by atoms with Crippen molar-refractivity contribution in [1.82, 2.24) is 4.90 Å². The zero-order chi connectivity index (χ0) is 15.4. The van der Waals surface area contributed by atoms with Gasteiger partial charge in [0.2, 0.25) is 0 Å². The van der Waals surface area contributed by atoms with Gasteiger partial charge < -0.3 is 15.4 Å². The number of nitrogens with zero attached hydrogens (tertiary/aromatic N) is 1. The molecule has 116 valence electrons. The fourth-order valence-electron chi connectivity index (χ4n) is 3.00. The first-order chi connectivity index (χ1) is 9.99. The maximum Gasteiger partial charge on any atom is 0.260 e. The number of nitrogens with two attached hydrogens (primary N) is 1. The highest BCUT2D eigenvalue weighted by molar-refractivity contribution is 5.78. The Labute approximate surface area is 127 Å². The number of carbonyl (C=O) groups is 1. The van der Waals surface area contributed by atoms with Crippen molar-refractivity contribution in [3.8, 4) is 5.75 Å². The standard InChI is InChI=1S/C17H26N2O2/c1-12-7-8-16(13(2)10-12)21-11-17(20)19-9-5-4-6-15(19)14(3)18/h7-8,10,14-15H,4-6,9,11,18H2,1-3H3. The summed E-state index contributed by atoms with van der Waals surface area (Å²) in [4.78, 5) is 14.3. The van der Waals surface area contributed by atoms with Crippen LogP contribution in [0.25, 0.3) is 0 Å². The van der Waals surface area contributed by atoms with Crippen LogP contribution in [0.5, 0.6) is 5.75 Å². The average molecular weight is 290 g/mol. The molecular weight excluding hydrogens is 264 g/mol. The molecular formula is C17H26N2O2. The second-order valence-corrected chi connectivity index (χ2v) is 6.07. The van der Waals surface area contributed by atoms with Gasteiger partial charge in [-0.15, -0.1) is 0 Å². The van der Waals surface area contributed by atoms with Crippen molar-refractivity contribution in [3.63, 3.8) is 0 Å². The fourth-order valence-corrected chi connectivity index (χ4v) is 3.00. The highest BCUT2D eigenvalue weighted by atomic mass is 16.5. The molecule has 0 radical (unpaired) electrons. The second-order valence-electron chi connectivity index (χ2n) is 6.07. The summed E-state index contributed by atoms with van der Waals surface area (Å²) in [7, 11) is 0. The lowest BCUT2D eigenvalue weighted by atomic mass is 9.97. The molecule has 2 N–H and O–H groups in total. The minimum absolute atomic E-state index is 0.00959. The number of rotatable bonds is 4. The van der Waals surface area contributed by atoms with E-state index in [9.17, 15) is 4.79 Å². The number of likely N-dealkylation sites (tertiary alicyclic amines) is 1. The van der Waals surface area contributed by atoms with Crippen LogP contribution < -0.4 is 10.5 Å². The Kier molecular flexibility index (Phi) is 5.23. The van der Waals surface area contributed by atoms with Crippen LogP contribution in [0.1, 0.15) is 37.3 Å². The minimum atomic E-state index is 0.00959. The molecule has 1 aromatic carbocycles. The van der Waals surface area contributed by atoms with Crippen LogP contribution in [0, 0.1) is 13.8 Å². The van der Waals surface area contributed by atoms with Gasteiger partial charge in [0.05, 0.1) is 0 Å². The summed E-state index contributed by atoms with van der Waals surface area (Å²) in [5.74, 6) is 0.820. The highest BCUT2D eigenvalue weighted by Crippen LogP contribution is 2.21. The van der Waals surface area contributed by atoms with E-state index in [1.807, 2.05) is 37.8 Å². The van der Waals surface area contributed by atoms with Crippen molar-refractivity contribution in [2.75, 3.05) is 13.2 Å². The number of aryl methyl sites for hydroxylation is 2. The van der Waals surface area contributed by atoms with Gasteiger partial charge in [-0.2, -0.15) is 0 Å². The van der Waals surface area contributed by atoms with Gasteiger partial charge in [0.25, 0.3) is 5.91 Å². The van der Waals surface area contributed by atoms with E-state index >= 15 is 0 Å². The molecule has 1 aromatic rings. The Balaban J connectivity index is 1.97. The average Bonchev–Trinajstić information content (AvgIpc) is 2.46. The summed E-state index contributed by atoms with van der Waals surface area (Å²) in [6.07, 6.45) is 3.19. The van der Waals surface area contributed by atoms with Crippen molar-refractivity contribution in [2.45, 2.75) is 52.1 Å². The lowest BCUT2D eigenvalue weighted by Crippen LogP contribution is -2.52. The first-order valence-corrected chi connectivity index (χ1v) is 7.74. The molecule has 1 saturated heterocycles. The van der Waals surface area contributed by atoms with E-state index in [-0.39, 0.29) is 24.6 Å². The molecule has 1 aliphatic heterocycles. The van der Waals surface area contributed by atoms with Crippen LogP contribution in [0.4, 0.5) is 0 Å². The third kappa shape index (κ3) is 3.97. The Morgan fingerprint density at radius 2 is 2.19 bits per heavy atom. The van der Waals surface area contributed by atoms with Crippen molar-refractivity contribution in [1.29, 1.82) is 0 Å². The van der Waals surface area contributed by atoms with Crippen LogP contribution >= 0.6 is 0 Å². The zero-order valence-corrected chi connectivity index (χ0v) is 13.3. The number of amides is 1. The molecule has 0 bridgehead atoms. The van der Waals surface area contributed by atoms with Crippen LogP contribution in [-0.2, 0) is 4.79 Å². The van der Waals surface area contributed by atoms with Crippen molar-refractivity contribution in [3.05, 3.63) is 29.3 Å². The molecule has 0 saturated carbocycles. The topological polar surface area (TPSA) is 55.6 Å². The van der Waals surface area contributed by atoms with Crippen molar-refractivity contribution >= 4 is 5.91 Å². The maximum atomic E-state index is 12.4. The number of ether oxygens (including phenoxy) is 1. The molecule has 0 spiro atoms. The fraction of sp³-hybridized carbons (Fsp3) is 0.588. The Hall–Kier alpha value is -1.55. The van der Waals surface area contributed by atoms with Gasteiger partial charge in [-0.25, -0.2) is 0 Å². The van der Waals surface area contributed by atoms with E-state index in [0.717, 1.165) is 37.1 Å². The van der Waals surface area contributed by atoms with Gasteiger partial charge in [0.1, 0.15) is 5.75 Å². The van der Waals surface area contributed by atoms with Gasteiger partial charge in [0.15, 0.2) is 6.61 Å². The predicted octanol–water partition coefficient (Wildman–Crippen LogP) is 2.41. The minimum Gasteiger partial charge on any atom is -0.484 e. The summed E-state index contributed by atoms with van der Waals surface area (Å²) in [5.41, 5.74) is 8.26. The molecule has 2 unspecified atom stereocenters. The molecule has 1 amide bonds. The molecule has 1 fully saturated rings. The van der Waals surface area contributed by atoms with E-state index in [1.165, 1.54) is 5.56 Å². The lowest BCUT2D eigenvalue weighted by Gasteiger charge is -2.38. The van der Waals surface area contributed by atoms with E-state index in [1.54, 1.807) is 0 Å². The number of piperidine rings is 1. The monoisotopic (exact) mass is 290 g/mol. The van der Waals surface area contributed by atoms with E-state index in [2.05, 4.69) is 6.07 Å². The molecule has 4 nitrogen and oxygen atoms in total. The molecule has 1 aliphatic rings. The SMILES string of the molecule is Cc1ccc(OCC(=O)N2CCCCC2C(C)N)c(C)c1. The lowest BCUT2D eigenvalue weighted by molar-refractivity contribution is -0.137. The van der Waals surface area contributed by atoms with E-state index in [4.69, 9.17) is 10.5 Å². The normalized spacial score (nSPS) is 20.2.